The first kappa shape index (κ1) is 12.5. The Morgan fingerprint density at radius 2 is 1.78 bits per heavy atom. The lowest BCUT2D eigenvalue weighted by Gasteiger charge is -2.07. The maximum Gasteiger partial charge on any atom is 0.339 e. The summed E-state index contributed by atoms with van der Waals surface area (Å²) in [5.41, 5.74) is 0.319. The van der Waals surface area contributed by atoms with Crippen LogP contribution in [0.5, 0.6) is 11.5 Å². The zero-order valence-corrected chi connectivity index (χ0v) is 10.5. The average molecular weight is 263 g/mol. The normalized spacial score (nSPS) is 9.89. The Bertz CT molecular complexity index is 552. The molecule has 92 valence electrons. The van der Waals surface area contributed by atoms with Gasteiger partial charge < -0.3 is 9.47 Å². The van der Waals surface area contributed by atoms with E-state index in [0.717, 1.165) is 0 Å². The van der Waals surface area contributed by atoms with Gasteiger partial charge in [0, 0.05) is 6.07 Å². The van der Waals surface area contributed by atoms with E-state index in [-0.39, 0.29) is 0 Å². The minimum absolute atomic E-state index is 0.301. The molecule has 0 bridgehead atoms. The molecule has 0 heterocycles. The Kier molecular flexibility index (Phi) is 3.85. The second kappa shape index (κ2) is 5.56. The summed E-state index contributed by atoms with van der Waals surface area (Å²) in [6, 6.07) is 14.2. The van der Waals surface area contributed by atoms with E-state index in [1.165, 1.54) is 7.11 Å². The summed E-state index contributed by atoms with van der Waals surface area (Å²) in [7, 11) is 1.31. The van der Waals surface area contributed by atoms with Crippen molar-refractivity contribution in [1.29, 1.82) is 0 Å². The molecule has 0 aliphatic carbocycles. The first-order valence-electron chi connectivity index (χ1n) is 5.31. The highest BCUT2D eigenvalue weighted by atomic mass is 35.5. The van der Waals surface area contributed by atoms with Crippen LogP contribution in [-0.2, 0) is 4.74 Å². The Labute approximate surface area is 110 Å². The second-order valence-electron chi connectivity index (χ2n) is 3.55. The molecule has 0 aliphatic heterocycles. The molecule has 0 amide bonds. The number of carbonyl (C=O) groups excluding carboxylic acids is 1. The van der Waals surface area contributed by atoms with Crippen LogP contribution in [0.2, 0.25) is 5.02 Å². The molecule has 2 aromatic rings. The minimum Gasteiger partial charge on any atom is -0.465 e. The van der Waals surface area contributed by atoms with Crippen LogP contribution in [0.3, 0.4) is 0 Å². The molecule has 0 aromatic heterocycles. The number of para-hydroxylation sites is 1. The van der Waals surface area contributed by atoms with E-state index in [4.69, 9.17) is 16.3 Å². The average Bonchev–Trinajstić information content (AvgIpc) is 2.39. The molecule has 0 radical (unpaired) electrons. The second-order valence-corrected chi connectivity index (χ2v) is 3.96. The SMILES string of the molecule is COC(=O)c1ccc(Oc2ccccc2)cc1Cl. The van der Waals surface area contributed by atoms with Gasteiger partial charge in [-0.05, 0) is 24.3 Å². The largest absolute Gasteiger partial charge is 0.465 e. The van der Waals surface area contributed by atoms with Crippen LogP contribution >= 0.6 is 11.6 Å². The van der Waals surface area contributed by atoms with Crippen molar-refractivity contribution in [2.24, 2.45) is 0 Å². The molecule has 18 heavy (non-hydrogen) atoms. The minimum atomic E-state index is -0.466. The van der Waals surface area contributed by atoms with Gasteiger partial charge in [-0.2, -0.15) is 0 Å². The van der Waals surface area contributed by atoms with Crippen molar-refractivity contribution in [3.05, 3.63) is 59.1 Å². The summed E-state index contributed by atoms with van der Waals surface area (Å²) in [6.07, 6.45) is 0. The fourth-order valence-corrected chi connectivity index (χ4v) is 1.71. The van der Waals surface area contributed by atoms with Crippen LogP contribution in [0.4, 0.5) is 0 Å². The van der Waals surface area contributed by atoms with Crippen molar-refractivity contribution < 1.29 is 14.3 Å². The Morgan fingerprint density at radius 3 is 2.39 bits per heavy atom. The molecular formula is C14H11ClO3. The quantitative estimate of drug-likeness (QED) is 0.787. The van der Waals surface area contributed by atoms with Crippen molar-refractivity contribution in [3.8, 4) is 11.5 Å². The zero-order valence-electron chi connectivity index (χ0n) is 9.72. The molecule has 0 aliphatic rings. The predicted molar refractivity (Wildman–Crippen MR) is 69.3 cm³/mol. The fourth-order valence-electron chi connectivity index (χ4n) is 1.46. The molecule has 2 rings (SSSR count). The summed E-state index contributed by atoms with van der Waals surface area (Å²) in [4.78, 5) is 11.4. The maximum absolute atomic E-state index is 11.4. The molecule has 0 unspecified atom stereocenters. The molecule has 0 N–H and O–H groups in total. The first-order chi connectivity index (χ1) is 8.70. The van der Waals surface area contributed by atoms with Crippen molar-refractivity contribution in [1.82, 2.24) is 0 Å². The van der Waals surface area contributed by atoms with Gasteiger partial charge in [-0.25, -0.2) is 4.79 Å². The number of carbonyl (C=O) groups is 1. The summed E-state index contributed by atoms with van der Waals surface area (Å²) in [5, 5.41) is 0.301. The molecule has 0 saturated heterocycles. The molecule has 0 saturated carbocycles. The summed E-state index contributed by atoms with van der Waals surface area (Å²) in [6.45, 7) is 0. The Hall–Kier alpha value is -2.00. The van der Waals surface area contributed by atoms with Crippen LogP contribution in [-0.4, -0.2) is 13.1 Å². The van der Waals surface area contributed by atoms with Gasteiger partial charge in [0.25, 0.3) is 0 Å². The number of hydrogen-bond donors (Lipinski definition) is 0. The van der Waals surface area contributed by atoms with Crippen LogP contribution in [0.25, 0.3) is 0 Å². The fraction of sp³-hybridized carbons (Fsp3) is 0.0714. The number of rotatable bonds is 3. The van der Waals surface area contributed by atoms with E-state index in [1.54, 1.807) is 18.2 Å². The number of halogens is 1. The van der Waals surface area contributed by atoms with Crippen molar-refractivity contribution in [2.45, 2.75) is 0 Å². The van der Waals surface area contributed by atoms with Crippen LogP contribution in [0, 0.1) is 0 Å². The molecular weight excluding hydrogens is 252 g/mol. The third-order valence-corrected chi connectivity index (χ3v) is 2.64. The van der Waals surface area contributed by atoms with Gasteiger partial charge >= 0.3 is 5.97 Å². The van der Waals surface area contributed by atoms with Crippen molar-refractivity contribution >= 4 is 17.6 Å². The lowest BCUT2D eigenvalue weighted by molar-refractivity contribution is 0.0601. The van der Waals surface area contributed by atoms with Gasteiger partial charge in [0.1, 0.15) is 11.5 Å². The highest BCUT2D eigenvalue weighted by Crippen LogP contribution is 2.27. The van der Waals surface area contributed by atoms with Crippen LogP contribution < -0.4 is 4.74 Å². The molecule has 4 heteroatoms. The predicted octanol–water partition coefficient (Wildman–Crippen LogP) is 3.92. The molecule has 0 atom stereocenters. The summed E-state index contributed by atoms with van der Waals surface area (Å²) in [5.74, 6) is 0.810. The Morgan fingerprint density at radius 1 is 1.06 bits per heavy atom. The smallest absolute Gasteiger partial charge is 0.339 e. The van der Waals surface area contributed by atoms with E-state index in [9.17, 15) is 4.79 Å². The van der Waals surface area contributed by atoms with Crippen molar-refractivity contribution in [2.75, 3.05) is 7.11 Å². The Balaban J connectivity index is 2.22. The lowest BCUT2D eigenvalue weighted by atomic mass is 10.2. The third kappa shape index (κ3) is 2.81. The number of esters is 1. The van der Waals surface area contributed by atoms with E-state index < -0.39 is 5.97 Å². The summed E-state index contributed by atoms with van der Waals surface area (Å²) < 4.78 is 10.2. The molecule has 0 fully saturated rings. The standard InChI is InChI=1S/C14H11ClO3/c1-17-14(16)12-8-7-11(9-13(12)15)18-10-5-3-2-4-6-10/h2-9H,1H3. The summed E-state index contributed by atoms with van der Waals surface area (Å²) >= 11 is 5.99. The lowest BCUT2D eigenvalue weighted by Crippen LogP contribution is -2.01. The van der Waals surface area contributed by atoms with E-state index in [2.05, 4.69) is 4.74 Å². The van der Waals surface area contributed by atoms with Crippen LogP contribution in [0.15, 0.2) is 48.5 Å². The first-order valence-corrected chi connectivity index (χ1v) is 5.69. The number of hydrogen-bond acceptors (Lipinski definition) is 3. The highest BCUT2D eigenvalue weighted by Gasteiger charge is 2.11. The molecule has 3 nitrogen and oxygen atoms in total. The van der Waals surface area contributed by atoms with E-state index >= 15 is 0 Å². The third-order valence-electron chi connectivity index (χ3n) is 2.32. The van der Waals surface area contributed by atoms with Crippen molar-refractivity contribution in [3.63, 3.8) is 0 Å². The van der Waals surface area contributed by atoms with Gasteiger partial charge in [-0.1, -0.05) is 29.8 Å². The number of benzene rings is 2. The van der Waals surface area contributed by atoms with Gasteiger partial charge in [0.15, 0.2) is 0 Å². The van der Waals surface area contributed by atoms with Gasteiger partial charge in [0.05, 0.1) is 17.7 Å². The topological polar surface area (TPSA) is 35.5 Å². The highest BCUT2D eigenvalue weighted by molar-refractivity contribution is 6.33. The monoisotopic (exact) mass is 262 g/mol. The zero-order chi connectivity index (χ0) is 13.0. The van der Waals surface area contributed by atoms with E-state index in [0.29, 0.717) is 22.1 Å². The number of methoxy groups -OCH3 is 1. The van der Waals surface area contributed by atoms with Gasteiger partial charge in [0.2, 0.25) is 0 Å². The molecule has 0 spiro atoms. The maximum atomic E-state index is 11.4. The number of ether oxygens (including phenoxy) is 2. The van der Waals surface area contributed by atoms with Crippen LogP contribution in [0.1, 0.15) is 10.4 Å². The van der Waals surface area contributed by atoms with Gasteiger partial charge in [-0.3, -0.25) is 0 Å². The molecule has 2 aromatic carbocycles. The van der Waals surface area contributed by atoms with E-state index in [1.807, 2.05) is 30.3 Å². The van der Waals surface area contributed by atoms with Gasteiger partial charge in [-0.15, -0.1) is 0 Å².